The van der Waals surface area contributed by atoms with Crippen LogP contribution >= 0.6 is 0 Å². The predicted molar refractivity (Wildman–Crippen MR) is 129 cm³/mol. The number of aliphatic hydroxyl groups is 1. The Hall–Kier alpha value is -0.830. The molecule has 0 aromatic carbocycles. The van der Waals surface area contributed by atoms with Crippen LogP contribution in [0.1, 0.15) is 98.8 Å². The van der Waals surface area contributed by atoms with Crippen LogP contribution in [-0.4, -0.2) is 24.0 Å². The first kappa shape index (κ1) is 23.3. The fourth-order valence-electron chi connectivity index (χ4n) is 8.62. The summed E-state index contributed by atoms with van der Waals surface area (Å²) in [6.07, 6.45) is 14.6. The van der Waals surface area contributed by atoms with Gasteiger partial charge in [-0.05, 0) is 91.4 Å². The minimum absolute atomic E-state index is 0.184. The van der Waals surface area contributed by atoms with E-state index in [0.29, 0.717) is 17.3 Å². The Bertz CT molecular complexity index is 712. The number of hydrogen-bond acceptors (Lipinski definition) is 3. The van der Waals surface area contributed by atoms with E-state index in [1.54, 1.807) is 7.11 Å². The Morgan fingerprint density at radius 1 is 1.06 bits per heavy atom. The molecule has 8 atom stereocenters. The fourth-order valence-corrected chi connectivity index (χ4v) is 8.62. The van der Waals surface area contributed by atoms with E-state index < -0.39 is 0 Å². The maximum atomic E-state index is 10.4. The van der Waals surface area contributed by atoms with Crippen molar-refractivity contribution in [3.05, 3.63) is 11.6 Å². The van der Waals surface area contributed by atoms with E-state index in [2.05, 4.69) is 45.9 Å². The van der Waals surface area contributed by atoms with Crippen molar-refractivity contribution in [2.75, 3.05) is 7.11 Å². The summed E-state index contributed by atoms with van der Waals surface area (Å²) in [5.41, 5.74) is 3.28. The van der Waals surface area contributed by atoms with Gasteiger partial charge in [0.2, 0.25) is 0 Å². The van der Waals surface area contributed by atoms with Crippen molar-refractivity contribution in [2.45, 2.75) is 105 Å². The van der Waals surface area contributed by atoms with Crippen LogP contribution in [0.4, 0.5) is 0 Å². The van der Waals surface area contributed by atoms with Gasteiger partial charge in [0, 0.05) is 5.92 Å². The zero-order chi connectivity index (χ0) is 22.4. The lowest BCUT2D eigenvalue weighted by Gasteiger charge is -2.58. The van der Waals surface area contributed by atoms with E-state index >= 15 is 0 Å². The van der Waals surface area contributed by atoms with Gasteiger partial charge >= 0.3 is 0 Å². The first-order chi connectivity index (χ1) is 14.7. The van der Waals surface area contributed by atoms with E-state index in [4.69, 9.17) is 4.84 Å². The minimum Gasteiger partial charge on any atom is -0.399 e. The second-order valence-corrected chi connectivity index (χ2v) is 12.5. The van der Waals surface area contributed by atoms with Crippen LogP contribution in [0.3, 0.4) is 0 Å². The van der Waals surface area contributed by atoms with E-state index in [0.717, 1.165) is 42.9 Å². The highest BCUT2D eigenvalue weighted by Gasteiger charge is 2.60. The topological polar surface area (TPSA) is 41.8 Å². The third-order valence-electron chi connectivity index (χ3n) is 10.3. The van der Waals surface area contributed by atoms with Crippen molar-refractivity contribution >= 4 is 5.71 Å². The van der Waals surface area contributed by atoms with Gasteiger partial charge in [0.25, 0.3) is 0 Å². The number of hydrogen-bond donors (Lipinski definition) is 1. The lowest BCUT2D eigenvalue weighted by atomic mass is 9.46. The van der Waals surface area contributed by atoms with Gasteiger partial charge in [-0.25, -0.2) is 0 Å². The highest BCUT2D eigenvalue weighted by molar-refractivity contribution is 5.99. The standard InChI is InChI=1S/C28H47NO2/c1-18(2)8-7-9-19(3)22-10-11-23-26-24(13-15-28(22,23)5)27(4)14-12-21(30)16-20(27)17-25(26)29-31-6/h17-19,21-24,26,30H,7-16H2,1-6H3/b29-25+. The summed E-state index contributed by atoms with van der Waals surface area (Å²) in [7, 11) is 1.69. The molecule has 0 aliphatic heterocycles. The molecule has 4 rings (SSSR count). The van der Waals surface area contributed by atoms with Gasteiger partial charge in [-0.1, -0.05) is 64.6 Å². The van der Waals surface area contributed by atoms with Crippen molar-refractivity contribution in [1.82, 2.24) is 0 Å². The van der Waals surface area contributed by atoms with Crippen molar-refractivity contribution < 1.29 is 9.94 Å². The Labute approximate surface area is 191 Å². The second kappa shape index (κ2) is 8.84. The molecule has 0 aromatic rings. The van der Waals surface area contributed by atoms with Crippen LogP contribution in [0.2, 0.25) is 0 Å². The summed E-state index contributed by atoms with van der Waals surface area (Å²) in [6.45, 7) is 12.4. The third-order valence-corrected chi connectivity index (χ3v) is 10.3. The van der Waals surface area contributed by atoms with E-state index in [1.807, 2.05) is 0 Å². The zero-order valence-corrected chi connectivity index (χ0v) is 21.0. The van der Waals surface area contributed by atoms with Gasteiger partial charge in [-0.2, -0.15) is 0 Å². The number of oxime groups is 1. The Balaban J connectivity index is 1.60. The van der Waals surface area contributed by atoms with Crippen molar-refractivity contribution in [3.8, 4) is 0 Å². The van der Waals surface area contributed by atoms with E-state index in [1.165, 1.54) is 56.2 Å². The molecule has 0 amide bonds. The monoisotopic (exact) mass is 429 g/mol. The first-order valence-electron chi connectivity index (χ1n) is 13.2. The van der Waals surface area contributed by atoms with Crippen LogP contribution in [-0.2, 0) is 4.84 Å². The molecule has 4 aliphatic rings. The molecule has 0 heterocycles. The van der Waals surface area contributed by atoms with Crippen LogP contribution < -0.4 is 0 Å². The highest BCUT2D eigenvalue weighted by atomic mass is 16.6. The Kier molecular flexibility index (Phi) is 6.65. The van der Waals surface area contributed by atoms with Crippen molar-refractivity contribution in [1.29, 1.82) is 0 Å². The largest absolute Gasteiger partial charge is 0.399 e. The smallest absolute Gasteiger partial charge is 0.106 e. The molecule has 0 spiro atoms. The molecule has 1 N–H and O–H groups in total. The lowest BCUT2D eigenvalue weighted by molar-refractivity contribution is -0.0312. The maximum absolute atomic E-state index is 10.4. The summed E-state index contributed by atoms with van der Waals surface area (Å²) in [5.74, 6) is 4.39. The first-order valence-corrected chi connectivity index (χ1v) is 13.2. The molecule has 0 bridgehead atoms. The molecule has 8 unspecified atom stereocenters. The summed E-state index contributed by atoms with van der Waals surface area (Å²) in [5, 5.41) is 15.0. The maximum Gasteiger partial charge on any atom is 0.106 e. The van der Waals surface area contributed by atoms with Crippen LogP contribution in [0.25, 0.3) is 0 Å². The number of allylic oxidation sites excluding steroid dienone is 1. The lowest BCUT2D eigenvalue weighted by Crippen LogP contribution is -2.53. The third kappa shape index (κ3) is 4.02. The molecular weight excluding hydrogens is 382 g/mol. The molecule has 0 radical (unpaired) electrons. The highest BCUT2D eigenvalue weighted by Crippen LogP contribution is 2.66. The molecule has 31 heavy (non-hydrogen) atoms. The number of aliphatic hydroxyl groups excluding tert-OH is 1. The second-order valence-electron chi connectivity index (χ2n) is 12.5. The van der Waals surface area contributed by atoms with Gasteiger partial charge in [0.15, 0.2) is 0 Å². The average Bonchev–Trinajstić information content (AvgIpc) is 3.06. The van der Waals surface area contributed by atoms with Gasteiger partial charge in [0.05, 0.1) is 11.8 Å². The fraction of sp³-hybridized carbons (Fsp3) is 0.893. The number of nitrogens with zero attached hydrogens (tertiary/aromatic N) is 1. The Morgan fingerprint density at radius 3 is 2.55 bits per heavy atom. The molecular formula is C28H47NO2. The molecule has 3 saturated carbocycles. The van der Waals surface area contributed by atoms with Gasteiger partial charge in [-0.3, -0.25) is 0 Å². The molecule has 3 heteroatoms. The van der Waals surface area contributed by atoms with Gasteiger partial charge < -0.3 is 9.94 Å². The Morgan fingerprint density at radius 2 is 1.84 bits per heavy atom. The van der Waals surface area contributed by atoms with E-state index in [9.17, 15) is 5.11 Å². The van der Waals surface area contributed by atoms with Gasteiger partial charge in [0.1, 0.15) is 7.11 Å². The molecule has 3 fully saturated rings. The normalized spacial score (nSPS) is 44.5. The molecule has 4 aliphatic carbocycles. The van der Waals surface area contributed by atoms with Crippen LogP contribution in [0.15, 0.2) is 16.8 Å². The van der Waals surface area contributed by atoms with Crippen LogP contribution in [0, 0.1) is 46.3 Å². The van der Waals surface area contributed by atoms with E-state index in [-0.39, 0.29) is 11.5 Å². The quantitative estimate of drug-likeness (QED) is 0.462. The predicted octanol–water partition coefficient (Wildman–Crippen LogP) is 7.00. The summed E-state index contributed by atoms with van der Waals surface area (Å²) < 4.78 is 0. The zero-order valence-electron chi connectivity index (χ0n) is 21.0. The number of rotatable bonds is 6. The van der Waals surface area contributed by atoms with Crippen molar-refractivity contribution in [3.63, 3.8) is 0 Å². The summed E-state index contributed by atoms with van der Waals surface area (Å²) in [4.78, 5) is 5.38. The molecule has 176 valence electrons. The molecule has 0 saturated heterocycles. The summed E-state index contributed by atoms with van der Waals surface area (Å²) in [6, 6.07) is 0. The average molecular weight is 430 g/mol. The molecule has 3 nitrogen and oxygen atoms in total. The van der Waals surface area contributed by atoms with Crippen molar-refractivity contribution in [2.24, 2.45) is 51.5 Å². The minimum atomic E-state index is -0.184. The van der Waals surface area contributed by atoms with Gasteiger partial charge in [-0.15, -0.1) is 0 Å². The number of fused-ring (bicyclic) bond motifs is 5. The molecule has 0 aromatic heterocycles. The van der Waals surface area contributed by atoms with Crippen LogP contribution in [0.5, 0.6) is 0 Å². The SMILES string of the molecule is CO/N=C1\C=C2CC(O)CCC2(C)C2CCC3(C)C(C(C)CCCC(C)C)CCC3C12. The summed E-state index contributed by atoms with van der Waals surface area (Å²) >= 11 is 0.